The van der Waals surface area contributed by atoms with Crippen LogP contribution in [0.1, 0.15) is 18.1 Å². The average molecular weight is 484 g/mol. The number of hydrogen-bond donors (Lipinski definition) is 1. The van der Waals surface area contributed by atoms with Gasteiger partial charge in [0, 0.05) is 19.7 Å². The number of alkyl halides is 1. The zero-order valence-corrected chi connectivity index (χ0v) is 19.8. The molecule has 0 unspecified atom stereocenters. The second-order valence-corrected chi connectivity index (χ2v) is 10.5. The van der Waals surface area contributed by atoms with Crippen molar-refractivity contribution in [2.24, 2.45) is 0 Å². The number of amides is 2. The number of carbonyl (C=O) groups is 1. The number of urea groups is 1. The van der Waals surface area contributed by atoms with Gasteiger partial charge in [-0.1, -0.05) is 24.3 Å². The molecule has 0 aromatic heterocycles. The minimum Gasteiger partial charge on any atom is -0.331 e. The van der Waals surface area contributed by atoms with Gasteiger partial charge in [-0.05, 0) is 49.1 Å². The van der Waals surface area contributed by atoms with Gasteiger partial charge in [0.25, 0.3) is 0 Å². The van der Waals surface area contributed by atoms with E-state index in [-0.39, 0.29) is 29.8 Å². The van der Waals surface area contributed by atoms with Crippen molar-refractivity contribution in [1.29, 1.82) is 0 Å². The highest BCUT2D eigenvalue weighted by Gasteiger charge is 2.46. The summed E-state index contributed by atoms with van der Waals surface area (Å²) in [6, 6.07) is 6.15. The summed E-state index contributed by atoms with van der Waals surface area (Å²) >= 11 is 0. The van der Waals surface area contributed by atoms with Gasteiger partial charge in [0.05, 0.1) is 24.4 Å². The van der Waals surface area contributed by atoms with Crippen molar-refractivity contribution in [2.75, 3.05) is 26.4 Å². The van der Waals surface area contributed by atoms with Crippen molar-refractivity contribution in [1.82, 2.24) is 14.5 Å². The third-order valence-electron chi connectivity index (χ3n) is 5.76. The van der Waals surface area contributed by atoms with Crippen LogP contribution < -0.4 is 4.72 Å². The Morgan fingerprint density at radius 2 is 1.91 bits per heavy atom. The molecule has 1 aliphatic rings. The number of nitrogens with one attached hydrogen (secondary N) is 1. The van der Waals surface area contributed by atoms with Crippen LogP contribution in [0.25, 0.3) is 11.1 Å². The van der Waals surface area contributed by atoms with Gasteiger partial charge in [-0.3, -0.25) is 0 Å². The molecule has 0 saturated carbocycles. The number of hydrogen-bond acceptors (Lipinski definition) is 3. The maximum atomic E-state index is 15.5. The van der Waals surface area contributed by atoms with E-state index < -0.39 is 45.9 Å². The number of nitrogens with zero attached hydrogens (tertiary/aromatic N) is 2. The highest BCUT2D eigenvalue weighted by Crippen LogP contribution is 2.31. The lowest BCUT2D eigenvalue weighted by Crippen LogP contribution is -2.51. The molecule has 1 fully saturated rings. The Morgan fingerprint density at radius 1 is 1.21 bits per heavy atom. The molecule has 3 atom stereocenters. The molecule has 180 valence electrons. The van der Waals surface area contributed by atoms with Crippen molar-refractivity contribution < 1.29 is 26.4 Å². The van der Waals surface area contributed by atoms with Crippen LogP contribution in [0.4, 0.5) is 18.0 Å². The molecule has 2 amide bonds. The number of rotatable bonds is 6. The Bertz CT molecular complexity index is 1120. The topological polar surface area (TPSA) is 69.7 Å². The first-order valence-corrected chi connectivity index (χ1v) is 12.3. The van der Waals surface area contributed by atoms with Crippen molar-refractivity contribution >= 4 is 16.1 Å². The van der Waals surface area contributed by atoms with Crippen LogP contribution in [-0.4, -0.2) is 68.9 Å². The fourth-order valence-corrected chi connectivity index (χ4v) is 4.99. The third-order valence-corrected chi connectivity index (χ3v) is 7.15. The van der Waals surface area contributed by atoms with Gasteiger partial charge >= 0.3 is 6.03 Å². The van der Waals surface area contributed by atoms with Gasteiger partial charge in [-0.25, -0.2) is 31.1 Å². The van der Waals surface area contributed by atoms with Crippen molar-refractivity contribution in [3.8, 4) is 11.1 Å². The molecule has 0 bridgehead atoms. The first-order chi connectivity index (χ1) is 15.4. The molecule has 1 N–H and O–H groups in total. The Hall–Kier alpha value is -2.59. The van der Waals surface area contributed by atoms with Gasteiger partial charge < -0.3 is 9.80 Å². The van der Waals surface area contributed by atoms with E-state index in [1.165, 1.54) is 55.1 Å². The predicted molar refractivity (Wildman–Crippen MR) is 121 cm³/mol. The van der Waals surface area contributed by atoms with E-state index >= 15 is 4.39 Å². The highest BCUT2D eigenvalue weighted by molar-refractivity contribution is 7.89. The lowest BCUT2D eigenvalue weighted by atomic mass is 9.95. The van der Waals surface area contributed by atoms with Gasteiger partial charge in [-0.2, -0.15) is 0 Å². The molecule has 33 heavy (non-hydrogen) atoms. The van der Waals surface area contributed by atoms with Gasteiger partial charge in [0.15, 0.2) is 0 Å². The van der Waals surface area contributed by atoms with Crippen LogP contribution in [0.2, 0.25) is 0 Å². The molecule has 0 radical (unpaired) electrons. The van der Waals surface area contributed by atoms with Crippen molar-refractivity contribution in [3.05, 3.63) is 59.2 Å². The number of carbonyl (C=O) groups excluding carboxylic acids is 1. The average Bonchev–Trinajstić information content (AvgIpc) is 3.03. The fourth-order valence-electron chi connectivity index (χ4n) is 4.11. The first-order valence-electron chi connectivity index (χ1n) is 10.6. The quantitative estimate of drug-likeness (QED) is 0.684. The maximum absolute atomic E-state index is 15.5. The smallest absolute Gasteiger partial charge is 0.319 e. The predicted octanol–water partition coefficient (Wildman–Crippen LogP) is 3.49. The number of halogens is 3. The van der Waals surface area contributed by atoms with E-state index in [2.05, 4.69) is 4.72 Å². The molecule has 1 heterocycles. The van der Waals surface area contributed by atoms with Crippen molar-refractivity contribution in [2.45, 2.75) is 38.5 Å². The minimum absolute atomic E-state index is 0.120. The highest BCUT2D eigenvalue weighted by atomic mass is 32.2. The van der Waals surface area contributed by atoms with Crippen LogP contribution in [-0.2, 0) is 16.4 Å². The third kappa shape index (κ3) is 5.50. The number of aryl methyl sites for hydroxylation is 1. The summed E-state index contributed by atoms with van der Waals surface area (Å²) in [6.07, 6.45) is -1.78. The fraction of sp³-hybridized carbons (Fsp3) is 0.435. The summed E-state index contributed by atoms with van der Waals surface area (Å²) < 4.78 is 71.1. The van der Waals surface area contributed by atoms with Crippen LogP contribution >= 0.6 is 0 Å². The monoisotopic (exact) mass is 483 g/mol. The normalized spacial score (nSPS) is 20.8. The molecule has 0 spiro atoms. The molecular formula is C23H28F3N3O3S. The van der Waals surface area contributed by atoms with E-state index in [1.54, 1.807) is 19.1 Å². The SMILES string of the molecule is CCS(=O)(=O)N[C@H]1[C@@H](F)CN(C(=O)N(C)C)[C@H]1Cc1cccc(-c2cc(C)cc(F)c2)c1F. The van der Waals surface area contributed by atoms with Gasteiger partial charge in [0.2, 0.25) is 10.0 Å². The number of sulfonamides is 1. The summed E-state index contributed by atoms with van der Waals surface area (Å²) in [5.74, 6) is -1.38. The molecule has 2 aromatic carbocycles. The number of benzene rings is 2. The molecular weight excluding hydrogens is 455 g/mol. The Kier molecular flexibility index (Phi) is 7.38. The van der Waals surface area contributed by atoms with E-state index in [0.717, 1.165) is 0 Å². The molecule has 3 rings (SSSR count). The second-order valence-electron chi connectivity index (χ2n) is 8.46. The summed E-state index contributed by atoms with van der Waals surface area (Å²) in [6.45, 7) is 2.80. The van der Waals surface area contributed by atoms with Crippen LogP contribution in [0.5, 0.6) is 0 Å². The van der Waals surface area contributed by atoms with E-state index in [9.17, 15) is 22.0 Å². The van der Waals surface area contributed by atoms with E-state index in [4.69, 9.17) is 0 Å². The maximum Gasteiger partial charge on any atom is 0.319 e. The van der Waals surface area contributed by atoms with Gasteiger partial charge in [0.1, 0.15) is 17.8 Å². The Morgan fingerprint density at radius 3 is 2.52 bits per heavy atom. The summed E-state index contributed by atoms with van der Waals surface area (Å²) in [7, 11) is -0.771. The summed E-state index contributed by atoms with van der Waals surface area (Å²) in [4.78, 5) is 15.2. The van der Waals surface area contributed by atoms with E-state index in [1.807, 2.05) is 0 Å². The summed E-state index contributed by atoms with van der Waals surface area (Å²) in [5.41, 5.74) is 1.32. The molecule has 10 heteroatoms. The lowest BCUT2D eigenvalue weighted by Gasteiger charge is -2.30. The van der Waals surface area contributed by atoms with Crippen molar-refractivity contribution in [3.63, 3.8) is 0 Å². The van der Waals surface area contributed by atoms with Gasteiger partial charge in [-0.15, -0.1) is 0 Å². The first kappa shape index (κ1) is 25.0. The zero-order chi connectivity index (χ0) is 24.5. The molecule has 6 nitrogen and oxygen atoms in total. The lowest BCUT2D eigenvalue weighted by molar-refractivity contribution is 0.161. The standard InChI is InChI=1S/C23H28F3N3O3S/c1-5-33(31,32)27-22-19(25)13-29(23(30)28(3)4)20(22)12-15-7-6-8-18(21(15)26)16-9-14(2)10-17(24)11-16/h6-11,19-20,22,27H,5,12-13H2,1-4H3/t19-,20-,22-/m0/s1. The van der Waals surface area contributed by atoms with Crippen LogP contribution in [0.15, 0.2) is 36.4 Å². The molecule has 0 aliphatic carbocycles. The molecule has 2 aromatic rings. The Balaban J connectivity index is 2.02. The van der Waals surface area contributed by atoms with E-state index in [0.29, 0.717) is 11.1 Å². The zero-order valence-electron chi connectivity index (χ0n) is 19.0. The molecule has 1 aliphatic heterocycles. The second kappa shape index (κ2) is 9.72. The Labute approximate surface area is 192 Å². The molecule has 1 saturated heterocycles. The summed E-state index contributed by atoms with van der Waals surface area (Å²) in [5, 5.41) is 0. The minimum atomic E-state index is -3.78. The van der Waals surface area contributed by atoms with Crippen LogP contribution in [0, 0.1) is 18.6 Å². The largest absolute Gasteiger partial charge is 0.331 e. The number of likely N-dealkylation sites (tertiary alicyclic amines) is 1. The van der Waals surface area contributed by atoms with Crippen LogP contribution in [0.3, 0.4) is 0 Å².